The number of anilines is 1. The Kier molecular flexibility index (Phi) is 5.67. The Labute approximate surface area is 143 Å². The molecule has 0 atom stereocenters. The van der Waals surface area contributed by atoms with Crippen molar-refractivity contribution < 1.29 is 0 Å². The molecule has 0 unspecified atom stereocenters. The van der Waals surface area contributed by atoms with Crippen molar-refractivity contribution in [1.29, 1.82) is 0 Å². The molecular weight excluding hydrogens is 364 g/mol. The summed E-state index contributed by atoms with van der Waals surface area (Å²) in [4.78, 5) is 3.73. The number of hydrogen-bond donors (Lipinski definition) is 1. The summed E-state index contributed by atoms with van der Waals surface area (Å²) in [6, 6.07) is 14.5. The van der Waals surface area contributed by atoms with Crippen LogP contribution in [0, 0.1) is 0 Å². The molecule has 0 fully saturated rings. The average molecular weight is 381 g/mol. The lowest BCUT2D eigenvalue weighted by atomic mass is 10.1. The fourth-order valence-electron chi connectivity index (χ4n) is 2.25. The predicted molar refractivity (Wildman–Crippen MR) is 100 cm³/mol. The van der Waals surface area contributed by atoms with E-state index >= 15 is 0 Å². The molecule has 0 saturated heterocycles. The van der Waals surface area contributed by atoms with E-state index in [1.807, 2.05) is 24.5 Å². The van der Waals surface area contributed by atoms with E-state index in [0.717, 1.165) is 27.2 Å². The van der Waals surface area contributed by atoms with E-state index in [2.05, 4.69) is 52.1 Å². The van der Waals surface area contributed by atoms with E-state index in [4.69, 9.17) is 18.0 Å². The Bertz CT molecular complexity index is 658. The molecule has 21 heavy (non-hydrogen) atoms. The Morgan fingerprint density at radius 2 is 2.00 bits per heavy atom. The molecule has 0 aliphatic heterocycles. The third-order valence-electron chi connectivity index (χ3n) is 3.19. The molecule has 0 heterocycles. The van der Waals surface area contributed by atoms with Crippen LogP contribution in [-0.2, 0) is 6.54 Å². The van der Waals surface area contributed by atoms with Gasteiger partial charge in [0.1, 0.15) is 4.99 Å². The van der Waals surface area contributed by atoms with Crippen LogP contribution in [0.2, 0.25) is 0 Å². The molecule has 0 aliphatic rings. The van der Waals surface area contributed by atoms with Crippen molar-refractivity contribution in [3.63, 3.8) is 0 Å². The topological polar surface area (TPSA) is 29.3 Å². The van der Waals surface area contributed by atoms with Gasteiger partial charge in [0.05, 0.1) is 0 Å². The van der Waals surface area contributed by atoms with Gasteiger partial charge < -0.3 is 10.6 Å². The summed E-state index contributed by atoms with van der Waals surface area (Å²) in [5.41, 5.74) is 9.18. The SMILES string of the molecule is CSc1cccc(N(C)Cc2cccc(Br)c2)c1C(N)=S. The molecule has 5 heteroatoms. The van der Waals surface area contributed by atoms with Gasteiger partial charge in [0, 0.05) is 34.2 Å². The van der Waals surface area contributed by atoms with Gasteiger partial charge in [-0.2, -0.15) is 0 Å². The van der Waals surface area contributed by atoms with E-state index in [0.29, 0.717) is 4.99 Å². The largest absolute Gasteiger partial charge is 0.389 e. The molecule has 2 rings (SSSR count). The molecule has 0 aliphatic carbocycles. The third kappa shape index (κ3) is 3.99. The smallest absolute Gasteiger partial charge is 0.107 e. The second-order valence-electron chi connectivity index (χ2n) is 4.70. The number of thiocarbonyl (C=S) groups is 1. The Balaban J connectivity index is 2.35. The molecule has 2 nitrogen and oxygen atoms in total. The van der Waals surface area contributed by atoms with Gasteiger partial charge in [-0.3, -0.25) is 0 Å². The third-order valence-corrected chi connectivity index (χ3v) is 4.67. The standard InChI is InChI=1S/C16H17BrN2S2/c1-19(10-11-5-3-6-12(17)9-11)13-7-4-8-14(21-2)15(13)16(18)20/h3-9H,10H2,1-2H3,(H2,18,20). The van der Waals surface area contributed by atoms with Crippen molar-refractivity contribution in [3.8, 4) is 0 Å². The van der Waals surface area contributed by atoms with Crippen LogP contribution in [-0.4, -0.2) is 18.3 Å². The second-order valence-corrected chi connectivity index (χ2v) is 6.91. The van der Waals surface area contributed by atoms with Crippen LogP contribution in [0.25, 0.3) is 0 Å². The Morgan fingerprint density at radius 3 is 2.62 bits per heavy atom. The maximum absolute atomic E-state index is 5.93. The molecule has 0 amide bonds. The lowest BCUT2D eigenvalue weighted by Crippen LogP contribution is -2.22. The lowest BCUT2D eigenvalue weighted by molar-refractivity contribution is 0.918. The molecular formula is C16H17BrN2S2. The van der Waals surface area contributed by atoms with Crippen molar-refractivity contribution in [2.24, 2.45) is 5.73 Å². The van der Waals surface area contributed by atoms with E-state index in [9.17, 15) is 0 Å². The van der Waals surface area contributed by atoms with Gasteiger partial charge in [-0.15, -0.1) is 11.8 Å². The van der Waals surface area contributed by atoms with Crippen molar-refractivity contribution in [3.05, 3.63) is 58.1 Å². The molecule has 0 bridgehead atoms. The Hall–Kier alpha value is -1.04. The van der Waals surface area contributed by atoms with E-state index in [-0.39, 0.29) is 0 Å². The maximum atomic E-state index is 5.93. The number of thioether (sulfide) groups is 1. The Morgan fingerprint density at radius 1 is 1.29 bits per heavy atom. The summed E-state index contributed by atoms with van der Waals surface area (Å²) < 4.78 is 1.08. The second kappa shape index (κ2) is 7.29. The molecule has 0 aromatic heterocycles. The van der Waals surface area contributed by atoms with E-state index < -0.39 is 0 Å². The zero-order valence-electron chi connectivity index (χ0n) is 12.0. The van der Waals surface area contributed by atoms with Crippen LogP contribution >= 0.6 is 39.9 Å². The van der Waals surface area contributed by atoms with Crippen molar-refractivity contribution >= 4 is 50.6 Å². The number of nitrogens with zero attached hydrogens (tertiary/aromatic N) is 1. The molecule has 2 aromatic rings. The first-order chi connectivity index (χ1) is 10.0. The van der Waals surface area contributed by atoms with Crippen LogP contribution in [0.3, 0.4) is 0 Å². The maximum Gasteiger partial charge on any atom is 0.107 e. The van der Waals surface area contributed by atoms with E-state index in [1.165, 1.54) is 5.56 Å². The number of benzene rings is 2. The number of rotatable bonds is 5. The minimum absolute atomic E-state index is 0.441. The summed E-state index contributed by atoms with van der Waals surface area (Å²) >= 11 is 10.4. The quantitative estimate of drug-likeness (QED) is 0.613. The van der Waals surface area contributed by atoms with Gasteiger partial charge in [0.15, 0.2) is 0 Å². The zero-order valence-corrected chi connectivity index (χ0v) is 15.2. The fraction of sp³-hybridized carbons (Fsp3) is 0.188. The molecule has 0 saturated carbocycles. The summed E-state index contributed by atoms with van der Waals surface area (Å²) in [7, 11) is 2.06. The summed E-state index contributed by atoms with van der Waals surface area (Å²) in [6.45, 7) is 0.798. The number of nitrogens with two attached hydrogens (primary N) is 1. The highest BCUT2D eigenvalue weighted by Crippen LogP contribution is 2.30. The van der Waals surface area contributed by atoms with Gasteiger partial charge in [0.2, 0.25) is 0 Å². The van der Waals surface area contributed by atoms with Crippen LogP contribution in [0.15, 0.2) is 51.8 Å². The highest BCUT2D eigenvalue weighted by molar-refractivity contribution is 9.10. The summed E-state index contributed by atoms with van der Waals surface area (Å²) in [5, 5.41) is 0. The first-order valence-corrected chi connectivity index (χ1v) is 8.88. The minimum Gasteiger partial charge on any atom is -0.389 e. The highest BCUT2D eigenvalue weighted by atomic mass is 79.9. The zero-order chi connectivity index (χ0) is 15.4. The monoisotopic (exact) mass is 380 g/mol. The molecule has 2 N–H and O–H groups in total. The lowest BCUT2D eigenvalue weighted by Gasteiger charge is -2.23. The number of halogens is 1. The van der Waals surface area contributed by atoms with Gasteiger partial charge in [0.25, 0.3) is 0 Å². The van der Waals surface area contributed by atoms with Crippen molar-refractivity contribution in [2.45, 2.75) is 11.4 Å². The van der Waals surface area contributed by atoms with Crippen LogP contribution in [0.4, 0.5) is 5.69 Å². The van der Waals surface area contributed by atoms with Crippen LogP contribution in [0.5, 0.6) is 0 Å². The van der Waals surface area contributed by atoms with Gasteiger partial charge in [-0.1, -0.05) is 46.3 Å². The van der Waals surface area contributed by atoms with Crippen molar-refractivity contribution in [2.75, 3.05) is 18.2 Å². The normalized spacial score (nSPS) is 10.4. The first kappa shape index (κ1) is 16.3. The average Bonchev–Trinajstić information content (AvgIpc) is 2.46. The van der Waals surface area contributed by atoms with Crippen LogP contribution < -0.4 is 10.6 Å². The van der Waals surface area contributed by atoms with Gasteiger partial charge in [-0.25, -0.2) is 0 Å². The molecule has 0 radical (unpaired) electrons. The first-order valence-electron chi connectivity index (χ1n) is 6.45. The minimum atomic E-state index is 0.441. The number of hydrogen-bond acceptors (Lipinski definition) is 3. The summed E-state index contributed by atoms with van der Waals surface area (Å²) in [5.74, 6) is 0. The van der Waals surface area contributed by atoms with Gasteiger partial charge in [-0.05, 0) is 36.1 Å². The van der Waals surface area contributed by atoms with Crippen molar-refractivity contribution in [1.82, 2.24) is 0 Å². The predicted octanol–water partition coefficient (Wildman–Crippen LogP) is 4.44. The van der Waals surface area contributed by atoms with E-state index in [1.54, 1.807) is 11.8 Å². The highest BCUT2D eigenvalue weighted by Gasteiger charge is 2.14. The molecule has 110 valence electrons. The fourth-order valence-corrected chi connectivity index (χ4v) is 3.61. The van der Waals surface area contributed by atoms with Crippen LogP contribution in [0.1, 0.15) is 11.1 Å². The molecule has 0 spiro atoms. The summed E-state index contributed by atoms with van der Waals surface area (Å²) in [6.07, 6.45) is 2.04. The van der Waals surface area contributed by atoms with Gasteiger partial charge >= 0.3 is 0 Å². The molecule has 2 aromatic carbocycles.